The Morgan fingerprint density at radius 1 is 0.973 bits per heavy atom. The standard InChI is InChI=1S/C18H12FN5O9S4/c19-9-3-1-8(2-4-9)11-12(10-5-6-21-18(20)23-10)24(7-22-11)16-14(35(27)28)13(34(25)26)15(36(29)30)17(33-16)37(31)32/h1-7H,(H,27,28)(H,29,30)(H,31,32)(H2,20,21,23)/p-2. The van der Waals surface area contributed by atoms with Gasteiger partial charge in [0.05, 0.1) is 11.4 Å². The molecule has 0 aliphatic rings. The highest BCUT2D eigenvalue weighted by molar-refractivity contribution is 7.83. The number of nitrogens with two attached hydrogens (primary N) is 1. The molecule has 37 heavy (non-hydrogen) atoms. The lowest BCUT2D eigenvalue weighted by Gasteiger charge is -2.18. The zero-order valence-corrected chi connectivity index (χ0v) is 20.9. The van der Waals surface area contributed by atoms with Crippen molar-refractivity contribution in [2.75, 3.05) is 5.73 Å². The van der Waals surface area contributed by atoms with Crippen molar-refractivity contribution in [2.24, 2.45) is 0 Å². The van der Waals surface area contributed by atoms with Crippen molar-refractivity contribution in [1.82, 2.24) is 19.5 Å². The number of aromatic nitrogens is 4. The summed E-state index contributed by atoms with van der Waals surface area (Å²) >= 11 is -10.2. The van der Waals surface area contributed by atoms with E-state index in [0.717, 1.165) is 23.0 Å². The SMILES string of the molecule is Nc1nccc(-c2c(-c3ccc(F)cc3)ncn2-c2oc(S(=O)[O-])c(S(=O)O)c(=S(=O)=O)c2S(=O)[O-])n1. The minimum atomic E-state index is -3.54. The second-order valence-electron chi connectivity index (χ2n) is 6.75. The zero-order chi connectivity index (χ0) is 27.0. The lowest BCUT2D eigenvalue weighted by molar-refractivity contribution is 0.373. The molecule has 19 heteroatoms. The summed E-state index contributed by atoms with van der Waals surface area (Å²) in [4.78, 5) is 9.49. The minimum Gasteiger partial charge on any atom is -0.768 e. The van der Waals surface area contributed by atoms with Gasteiger partial charge < -0.3 is 23.8 Å². The Labute approximate surface area is 214 Å². The normalized spacial score (nSPS) is 13.7. The first-order valence-corrected chi connectivity index (χ1v) is 13.7. The summed E-state index contributed by atoms with van der Waals surface area (Å²) < 4.78 is 112. The summed E-state index contributed by atoms with van der Waals surface area (Å²) in [6.45, 7) is 0. The summed E-state index contributed by atoms with van der Waals surface area (Å²) in [6.07, 6.45) is 2.19. The summed E-state index contributed by atoms with van der Waals surface area (Å²) in [5, 5.41) is -1.32. The molecule has 0 amide bonds. The number of anilines is 1. The number of rotatable bonds is 6. The van der Waals surface area contributed by atoms with Gasteiger partial charge in [-0.3, -0.25) is 13.0 Å². The zero-order valence-electron chi connectivity index (χ0n) is 17.6. The van der Waals surface area contributed by atoms with E-state index >= 15 is 0 Å². The van der Waals surface area contributed by atoms with E-state index in [4.69, 9.17) is 10.2 Å². The fourth-order valence-corrected chi connectivity index (χ4v) is 6.50. The molecule has 0 aliphatic heterocycles. The summed E-state index contributed by atoms with van der Waals surface area (Å²) in [6, 6.07) is 6.19. The molecule has 0 saturated carbocycles. The number of halogens is 1. The Kier molecular flexibility index (Phi) is 7.54. The molecule has 0 aliphatic carbocycles. The first kappa shape index (κ1) is 26.6. The van der Waals surface area contributed by atoms with Crippen LogP contribution in [0.1, 0.15) is 0 Å². The number of benzene rings is 1. The van der Waals surface area contributed by atoms with Crippen LogP contribution in [0.4, 0.5) is 10.3 Å². The molecule has 4 rings (SSSR count). The van der Waals surface area contributed by atoms with Gasteiger partial charge in [0.25, 0.3) is 0 Å². The maximum absolute atomic E-state index is 13.5. The largest absolute Gasteiger partial charge is 0.768 e. The van der Waals surface area contributed by atoms with Crippen LogP contribution in [0.25, 0.3) is 28.5 Å². The van der Waals surface area contributed by atoms with Gasteiger partial charge in [-0.15, -0.1) is 0 Å². The Morgan fingerprint density at radius 3 is 2.19 bits per heavy atom. The van der Waals surface area contributed by atoms with Crippen molar-refractivity contribution >= 4 is 49.5 Å². The average Bonchev–Trinajstić information content (AvgIpc) is 3.27. The van der Waals surface area contributed by atoms with Gasteiger partial charge in [-0.1, -0.05) is 0 Å². The number of nitrogens with zero attached hydrogens (tertiary/aromatic N) is 4. The van der Waals surface area contributed by atoms with Crippen LogP contribution in [-0.2, 0) is 43.5 Å². The van der Waals surface area contributed by atoms with E-state index in [1.165, 1.54) is 24.4 Å². The van der Waals surface area contributed by atoms with E-state index in [2.05, 4.69) is 15.0 Å². The predicted molar refractivity (Wildman–Crippen MR) is 122 cm³/mol. The second kappa shape index (κ2) is 10.5. The van der Waals surface area contributed by atoms with Gasteiger partial charge in [0.15, 0.2) is 16.2 Å². The van der Waals surface area contributed by atoms with Crippen molar-refractivity contribution in [2.45, 2.75) is 14.9 Å². The van der Waals surface area contributed by atoms with Crippen molar-refractivity contribution in [3.63, 3.8) is 0 Å². The number of nitrogen functional groups attached to an aromatic ring is 1. The molecule has 3 aromatic heterocycles. The van der Waals surface area contributed by atoms with E-state index in [1.807, 2.05) is 0 Å². The lowest BCUT2D eigenvalue weighted by atomic mass is 10.1. The van der Waals surface area contributed by atoms with Crippen LogP contribution < -0.4 is 5.73 Å². The molecule has 1 aromatic carbocycles. The highest BCUT2D eigenvalue weighted by Gasteiger charge is 2.28. The van der Waals surface area contributed by atoms with Crippen molar-refractivity contribution in [3.05, 3.63) is 53.2 Å². The third-order valence-corrected chi connectivity index (χ3v) is 7.83. The van der Waals surface area contributed by atoms with Crippen molar-refractivity contribution in [3.8, 4) is 28.5 Å². The van der Waals surface area contributed by atoms with Gasteiger partial charge in [0.2, 0.25) is 22.1 Å². The molecule has 3 N–H and O–H groups in total. The molecular weight excluding hydrogens is 577 g/mol. The first-order valence-electron chi connectivity index (χ1n) is 9.36. The van der Waals surface area contributed by atoms with Crippen LogP contribution in [0.15, 0.2) is 62.2 Å². The molecule has 3 unspecified atom stereocenters. The van der Waals surface area contributed by atoms with Gasteiger partial charge in [0.1, 0.15) is 32.1 Å². The number of hydrogen-bond acceptors (Lipinski definition) is 12. The molecule has 194 valence electrons. The van der Waals surface area contributed by atoms with Crippen LogP contribution >= 0.6 is 0 Å². The maximum Gasteiger partial charge on any atom is 0.224 e. The number of imidazole rings is 1. The van der Waals surface area contributed by atoms with Crippen molar-refractivity contribution in [1.29, 1.82) is 0 Å². The van der Waals surface area contributed by atoms with Crippen LogP contribution in [0.2, 0.25) is 0 Å². The average molecular weight is 588 g/mol. The predicted octanol–water partition coefficient (Wildman–Crippen LogP) is 0.778. The summed E-state index contributed by atoms with van der Waals surface area (Å²) in [7, 11) is -3.54. The Morgan fingerprint density at radius 2 is 1.65 bits per heavy atom. The van der Waals surface area contributed by atoms with Crippen LogP contribution in [-0.4, -0.2) is 54.2 Å². The fraction of sp³-hybridized carbons (Fsp3) is 0. The third kappa shape index (κ3) is 5.05. The maximum atomic E-state index is 13.5. The molecule has 0 saturated heterocycles. The van der Waals surface area contributed by atoms with Crippen molar-refractivity contribution < 1.29 is 43.5 Å². The Bertz CT molecular complexity index is 1800. The fourth-order valence-electron chi connectivity index (χ4n) is 3.26. The van der Waals surface area contributed by atoms with Gasteiger partial charge in [-0.2, -0.15) is 8.42 Å². The van der Waals surface area contributed by atoms with E-state index in [-0.39, 0.29) is 28.6 Å². The summed E-state index contributed by atoms with van der Waals surface area (Å²) in [5.74, 6) is -1.73. The molecule has 14 nitrogen and oxygen atoms in total. The quantitative estimate of drug-likeness (QED) is 0.235. The Hall–Kier alpha value is -3.46. The monoisotopic (exact) mass is 587 g/mol. The van der Waals surface area contributed by atoms with Gasteiger partial charge >= 0.3 is 0 Å². The molecule has 3 heterocycles. The molecule has 0 radical (unpaired) electrons. The Balaban J connectivity index is 2.23. The van der Waals surface area contributed by atoms with Crippen LogP contribution in [0.5, 0.6) is 0 Å². The highest BCUT2D eigenvalue weighted by atomic mass is 32.2. The number of hydrogen-bond donors (Lipinski definition) is 2. The lowest BCUT2D eigenvalue weighted by Crippen LogP contribution is -2.11. The molecule has 0 fully saturated rings. The first-order chi connectivity index (χ1) is 17.5. The molecule has 0 bridgehead atoms. The van der Waals surface area contributed by atoms with Gasteiger partial charge in [-0.05, 0) is 41.4 Å². The topological polar surface area (TPSA) is 234 Å². The smallest absolute Gasteiger partial charge is 0.224 e. The van der Waals surface area contributed by atoms with Crippen LogP contribution in [0.3, 0.4) is 0 Å². The van der Waals surface area contributed by atoms with E-state index in [9.17, 15) is 39.1 Å². The highest BCUT2D eigenvalue weighted by Crippen LogP contribution is 2.36. The van der Waals surface area contributed by atoms with E-state index < -0.39 is 74.6 Å². The molecule has 4 aromatic rings. The molecule has 3 atom stereocenters. The van der Waals surface area contributed by atoms with E-state index in [1.54, 1.807) is 0 Å². The third-order valence-electron chi connectivity index (χ3n) is 4.66. The van der Waals surface area contributed by atoms with Gasteiger partial charge in [0, 0.05) is 22.8 Å². The van der Waals surface area contributed by atoms with E-state index in [0.29, 0.717) is 0 Å². The van der Waals surface area contributed by atoms with Crippen LogP contribution in [0, 0.1) is 10.3 Å². The minimum absolute atomic E-state index is 0.00782. The molecular formula is C18H10FN5O9S4-2. The summed E-state index contributed by atoms with van der Waals surface area (Å²) in [5.41, 5.74) is 5.89. The molecule has 0 spiro atoms. The van der Waals surface area contributed by atoms with Gasteiger partial charge in [-0.25, -0.2) is 23.6 Å². The second-order valence-corrected chi connectivity index (χ2v) is 10.3.